The molecule has 0 saturated carbocycles. The Kier molecular flexibility index (Phi) is 6.82. The number of aromatic nitrogens is 2. The Bertz CT molecular complexity index is 1290. The molecule has 0 aliphatic rings. The number of hydrogen-bond donors (Lipinski definition) is 1. The van der Waals surface area contributed by atoms with Crippen LogP contribution in [0.2, 0.25) is 0 Å². The van der Waals surface area contributed by atoms with Crippen LogP contribution < -0.4 is 19.5 Å². The van der Waals surface area contributed by atoms with Crippen molar-refractivity contribution in [3.63, 3.8) is 0 Å². The maximum absolute atomic E-state index is 5.70. The molecule has 0 radical (unpaired) electrons. The van der Waals surface area contributed by atoms with Crippen LogP contribution in [0.25, 0.3) is 21.7 Å². The Labute approximate surface area is 194 Å². The van der Waals surface area contributed by atoms with Gasteiger partial charge in [0.25, 0.3) is 0 Å². The topological polar surface area (TPSA) is 65.5 Å². The van der Waals surface area contributed by atoms with Crippen molar-refractivity contribution < 1.29 is 14.2 Å². The monoisotopic (exact) mass is 445 g/mol. The van der Waals surface area contributed by atoms with Gasteiger partial charge in [-0.05, 0) is 73.2 Å². The first-order chi connectivity index (χ1) is 16.1. The molecular formula is C27H31N3O3. The molecule has 0 aliphatic heterocycles. The second kappa shape index (κ2) is 9.94. The third-order valence-corrected chi connectivity index (χ3v) is 5.79. The lowest BCUT2D eigenvalue weighted by atomic mass is 9.97. The number of pyridine rings is 2. The number of rotatable bonds is 9. The van der Waals surface area contributed by atoms with Crippen molar-refractivity contribution in [2.45, 2.75) is 33.6 Å². The zero-order valence-electron chi connectivity index (χ0n) is 20.0. The van der Waals surface area contributed by atoms with Crippen LogP contribution in [0.5, 0.6) is 17.2 Å². The Morgan fingerprint density at radius 3 is 2.30 bits per heavy atom. The molecule has 2 heterocycles. The molecule has 4 rings (SSSR count). The molecule has 0 saturated heterocycles. The van der Waals surface area contributed by atoms with E-state index in [1.165, 1.54) is 0 Å². The number of hydrogen-bond acceptors (Lipinski definition) is 6. The molecule has 0 fully saturated rings. The van der Waals surface area contributed by atoms with Crippen LogP contribution in [-0.4, -0.2) is 37.3 Å². The van der Waals surface area contributed by atoms with Gasteiger partial charge < -0.3 is 19.5 Å². The van der Waals surface area contributed by atoms with Crippen LogP contribution in [0.4, 0.5) is 5.82 Å². The van der Waals surface area contributed by atoms with Crippen molar-refractivity contribution in [3.05, 3.63) is 59.4 Å². The van der Waals surface area contributed by atoms with Gasteiger partial charge in [0.2, 0.25) is 0 Å². The van der Waals surface area contributed by atoms with E-state index in [2.05, 4.69) is 37.4 Å². The molecular weight excluding hydrogens is 414 g/mol. The maximum Gasteiger partial charge on any atom is 0.161 e. The highest BCUT2D eigenvalue weighted by atomic mass is 16.5. The summed E-state index contributed by atoms with van der Waals surface area (Å²) in [5.41, 5.74) is 4.21. The van der Waals surface area contributed by atoms with E-state index < -0.39 is 0 Å². The van der Waals surface area contributed by atoms with E-state index in [0.717, 1.165) is 63.0 Å². The number of anilines is 1. The van der Waals surface area contributed by atoms with Crippen molar-refractivity contribution in [1.29, 1.82) is 0 Å². The molecule has 0 spiro atoms. The van der Waals surface area contributed by atoms with Gasteiger partial charge in [-0.3, -0.25) is 4.98 Å². The van der Waals surface area contributed by atoms with Crippen molar-refractivity contribution in [3.8, 4) is 17.2 Å². The zero-order chi connectivity index (χ0) is 23.4. The van der Waals surface area contributed by atoms with Gasteiger partial charge >= 0.3 is 0 Å². The SMILES string of the molecule is CCNc1nc2ccc(OCC)cc2cc1Cc1cnc(CC)c2cc(OC)c(OC)cc12. The van der Waals surface area contributed by atoms with Gasteiger partial charge in [-0.25, -0.2) is 4.98 Å². The van der Waals surface area contributed by atoms with Crippen molar-refractivity contribution in [1.82, 2.24) is 9.97 Å². The molecule has 0 bridgehead atoms. The van der Waals surface area contributed by atoms with E-state index in [4.69, 9.17) is 24.2 Å². The summed E-state index contributed by atoms with van der Waals surface area (Å²) in [6, 6.07) is 12.3. The van der Waals surface area contributed by atoms with Crippen molar-refractivity contribution in [2.24, 2.45) is 0 Å². The van der Waals surface area contributed by atoms with E-state index in [-0.39, 0.29) is 0 Å². The summed E-state index contributed by atoms with van der Waals surface area (Å²) in [4.78, 5) is 9.68. The van der Waals surface area contributed by atoms with Crippen molar-refractivity contribution >= 4 is 27.5 Å². The highest BCUT2D eigenvalue weighted by molar-refractivity contribution is 5.91. The summed E-state index contributed by atoms with van der Waals surface area (Å²) in [5, 5.41) is 6.69. The lowest BCUT2D eigenvalue weighted by Gasteiger charge is -2.16. The zero-order valence-corrected chi connectivity index (χ0v) is 20.0. The van der Waals surface area contributed by atoms with Gasteiger partial charge in [0.05, 0.1) is 26.3 Å². The number of benzene rings is 2. The Balaban J connectivity index is 1.87. The molecule has 2 aromatic carbocycles. The highest BCUT2D eigenvalue weighted by Gasteiger charge is 2.15. The van der Waals surface area contributed by atoms with E-state index in [0.29, 0.717) is 24.5 Å². The first-order valence-corrected chi connectivity index (χ1v) is 11.4. The summed E-state index contributed by atoms with van der Waals surface area (Å²) in [6.07, 6.45) is 3.50. The minimum Gasteiger partial charge on any atom is -0.494 e. The molecule has 0 aliphatic carbocycles. The molecule has 0 atom stereocenters. The van der Waals surface area contributed by atoms with Crippen LogP contribution >= 0.6 is 0 Å². The van der Waals surface area contributed by atoms with Crippen LogP contribution in [0.15, 0.2) is 42.6 Å². The summed E-state index contributed by atoms with van der Waals surface area (Å²) < 4.78 is 16.8. The predicted molar refractivity (Wildman–Crippen MR) is 134 cm³/mol. The van der Waals surface area contributed by atoms with E-state index in [1.807, 2.05) is 31.3 Å². The second-order valence-electron chi connectivity index (χ2n) is 7.83. The molecule has 6 heteroatoms. The predicted octanol–water partition coefficient (Wildman–Crippen LogP) is 5.78. The van der Waals surface area contributed by atoms with Crippen LogP contribution in [-0.2, 0) is 12.8 Å². The molecule has 2 aromatic heterocycles. The fraction of sp³-hybridized carbons (Fsp3) is 0.333. The quantitative estimate of drug-likeness (QED) is 0.352. The lowest BCUT2D eigenvalue weighted by molar-refractivity contribution is 0.340. The molecule has 6 nitrogen and oxygen atoms in total. The summed E-state index contributed by atoms with van der Waals surface area (Å²) in [5.74, 6) is 3.17. The maximum atomic E-state index is 5.70. The van der Waals surface area contributed by atoms with Crippen LogP contribution in [0.1, 0.15) is 37.6 Å². The highest BCUT2D eigenvalue weighted by Crippen LogP contribution is 2.36. The van der Waals surface area contributed by atoms with Gasteiger partial charge in [0.1, 0.15) is 11.6 Å². The first kappa shape index (κ1) is 22.6. The summed E-state index contributed by atoms with van der Waals surface area (Å²) >= 11 is 0. The molecule has 33 heavy (non-hydrogen) atoms. The number of fused-ring (bicyclic) bond motifs is 2. The molecule has 0 amide bonds. The van der Waals surface area contributed by atoms with E-state index in [1.54, 1.807) is 14.2 Å². The Morgan fingerprint density at radius 2 is 1.64 bits per heavy atom. The fourth-order valence-electron chi connectivity index (χ4n) is 4.22. The van der Waals surface area contributed by atoms with Gasteiger partial charge in [-0.2, -0.15) is 0 Å². The van der Waals surface area contributed by atoms with Gasteiger partial charge in [-0.15, -0.1) is 0 Å². The molecule has 172 valence electrons. The number of methoxy groups -OCH3 is 2. The number of aryl methyl sites for hydroxylation is 1. The van der Waals surface area contributed by atoms with E-state index in [9.17, 15) is 0 Å². The van der Waals surface area contributed by atoms with Crippen molar-refractivity contribution in [2.75, 3.05) is 32.7 Å². The number of nitrogens with one attached hydrogen (secondary N) is 1. The van der Waals surface area contributed by atoms with Gasteiger partial charge in [0, 0.05) is 35.6 Å². The normalized spacial score (nSPS) is 11.1. The van der Waals surface area contributed by atoms with Gasteiger partial charge in [-0.1, -0.05) is 6.92 Å². The Hall–Kier alpha value is -3.54. The smallest absolute Gasteiger partial charge is 0.161 e. The van der Waals surface area contributed by atoms with Crippen LogP contribution in [0, 0.1) is 0 Å². The van der Waals surface area contributed by atoms with Gasteiger partial charge in [0.15, 0.2) is 11.5 Å². The minimum atomic E-state index is 0.633. The fourth-order valence-corrected chi connectivity index (χ4v) is 4.22. The number of nitrogens with zero attached hydrogens (tertiary/aromatic N) is 2. The third kappa shape index (κ3) is 4.51. The molecule has 4 aromatic rings. The third-order valence-electron chi connectivity index (χ3n) is 5.79. The Morgan fingerprint density at radius 1 is 0.879 bits per heavy atom. The molecule has 0 unspecified atom stereocenters. The minimum absolute atomic E-state index is 0.633. The van der Waals surface area contributed by atoms with E-state index >= 15 is 0 Å². The average Bonchev–Trinajstić information content (AvgIpc) is 2.84. The lowest BCUT2D eigenvalue weighted by Crippen LogP contribution is -2.05. The summed E-state index contributed by atoms with van der Waals surface area (Å²) in [7, 11) is 3.32. The first-order valence-electron chi connectivity index (χ1n) is 11.4. The van der Waals surface area contributed by atoms with Crippen LogP contribution in [0.3, 0.4) is 0 Å². The second-order valence-corrected chi connectivity index (χ2v) is 7.83. The largest absolute Gasteiger partial charge is 0.494 e. The number of ether oxygens (including phenoxy) is 3. The average molecular weight is 446 g/mol. The molecule has 1 N–H and O–H groups in total. The summed E-state index contributed by atoms with van der Waals surface area (Å²) in [6.45, 7) is 7.61. The standard InChI is InChI=1S/C27H31N3O3/c1-6-23-22-15-26(32-5)25(31-4)14-21(22)19(16-29-23)12-18-11-17-13-20(33-8-3)9-10-24(17)30-27(18)28-7-2/h9-11,13-16H,6-8,12H2,1-5H3,(H,28,30).